The topological polar surface area (TPSA) is 33.4 Å². The van der Waals surface area contributed by atoms with Gasteiger partial charge in [-0.2, -0.15) is 11.8 Å². The average Bonchev–Trinajstić information content (AvgIpc) is 2.46. The summed E-state index contributed by atoms with van der Waals surface area (Å²) in [5.74, 6) is 1.26. The second kappa shape index (κ2) is 4.73. The maximum Gasteiger partial charge on any atom is 0.147 e. The molecule has 0 saturated heterocycles. The third-order valence-electron chi connectivity index (χ3n) is 1.62. The molecule has 0 fully saturated rings. The molecule has 0 aliphatic rings. The molecule has 2 nitrogen and oxygen atoms in total. The summed E-state index contributed by atoms with van der Waals surface area (Å²) >= 11 is 5.04. The van der Waals surface area contributed by atoms with Crippen LogP contribution in [0.2, 0.25) is 0 Å². The zero-order valence-corrected chi connectivity index (χ0v) is 11.0. The highest BCUT2D eigenvalue weighted by Crippen LogP contribution is 2.31. The minimum absolute atomic E-state index is 0.167. The van der Waals surface area contributed by atoms with Gasteiger partial charge >= 0.3 is 0 Å². The third-order valence-corrected chi connectivity index (χ3v) is 3.63. The van der Waals surface area contributed by atoms with Gasteiger partial charge in [-0.1, -0.05) is 20.8 Å². The van der Waals surface area contributed by atoms with Gasteiger partial charge < -0.3 is 9.52 Å². The zero-order chi connectivity index (χ0) is 10.8. The maximum absolute atomic E-state index is 9.81. The van der Waals surface area contributed by atoms with Crippen LogP contribution in [-0.2, 0) is 0 Å². The van der Waals surface area contributed by atoms with Crippen molar-refractivity contribution in [3.8, 4) is 0 Å². The van der Waals surface area contributed by atoms with E-state index in [9.17, 15) is 5.11 Å². The molecule has 1 atom stereocenters. The maximum atomic E-state index is 9.81. The largest absolute Gasteiger partial charge is 0.465 e. The van der Waals surface area contributed by atoms with Crippen LogP contribution in [0.1, 0.15) is 32.6 Å². The molecule has 0 spiro atoms. The smallest absolute Gasteiger partial charge is 0.147 e. The summed E-state index contributed by atoms with van der Waals surface area (Å²) in [5.41, 5.74) is 0. The van der Waals surface area contributed by atoms with E-state index in [0.717, 1.165) is 4.47 Å². The first-order valence-electron chi connectivity index (χ1n) is 4.45. The molecule has 0 aromatic carbocycles. The van der Waals surface area contributed by atoms with Gasteiger partial charge in [0, 0.05) is 10.5 Å². The van der Waals surface area contributed by atoms with Crippen LogP contribution in [0, 0.1) is 0 Å². The number of aliphatic hydroxyl groups excluding tert-OH is 1. The normalized spacial score (nSPS) is 14.4. The molecule has 0 amide bonds. The molecule has 0 aliphatic heterocycles. The molecule has 1 N–H and O–H groups in total. The van der Waals surface area contributed by atoms with E-state index in [1.54, 1.807) is 24.1 Å². The number of hydrogen-bond donors (Lipinski definition) is 1. The van der Waals surface area contributed by atoms with E-state index in [0.29, 0.717) is 11.5 Å². The second-order valence-corrected chi connectivity index (χ2v) is 6.77. The lowest BCUT2D eigenvalue weighted by molar-refractivity contribution is 0.172. The van der Waals surface area contributed by atoms with Gasteiger partial charge in [0.2, 0.25) is 0 Å². The Kier molecular flexibility index (Phi) is 4.10. The Balaban J connectivity index is 2.51. The van der Waals surface area contributed by atoms with E-state index in [1.165, 1.54) is 0 Å². The van der Waals surface area contributed by atoms with Crippen LogP contribution in [-0.4, -0.2) is 15.6 Å². The predicted octanol–water partition coefficient (Wildman–Crippen LogP) is 3.61. The van der Waals surface area contributed by atoms with Gasteiger partial charge in [-0.15, -0.1) is 0 Å². The number of rotatable bonds is 3. The van der Waals surface area contributed by atoms with Crippen LogP contribution in [0.5, 0.6) is 0 Å². The van der Waals surface area contributed by atoms with Crippen molar-refractivity contribution >= 4 is 27.7 Å². The van der Waals surface area contributed by atoms with Gasteiger partial charge in [0.1, 0.15) is 11.9 Å². The van der Waals surface area contributed by atoms with Gasteiger partial charge in [-0.05, 0) is 22.0 Å². The SMILES string of the molecule is CC(C)(C)SCC(O)c1occc1Br. The molecular formula is C10H15BrO2S. The number of hydrogen-bond acceptors (Lipinski definition) is 3. The van der Waals surface area contributed by atoms with Gasteiger partial charge in [0.15, 0.2) is 0 Å². The fourth-order valence-corrected chi connectivity index (χ4v) is 2.22. The van der Waals surface area contributed by atoms with Crippen LogP contribution in [0.3, 0.4) is 0 Å². The first-order chi connectivity index (χ1) is 6.40. The summed E-state index contributed by atoms with van der Waals surface area (Å²) < 4.78 is 6.18. The van der Waals surface area contributed by atoms with Crippen molar-refractivity contribution in [1.82, 2.24) is 0 Å². The van der Waals surface area contributed by atoms with E-state index in [-0.39, 0.29) is 4.75 Å². The second-order valence-electron chi connectivity index (χ2n) is 4.07. The summed E-state index contributed by atoms with van der Waals surface area (Å²) in [5, 5.41) is 9.81. The predicted molar refractivity (Wildman–Crippen MR) is 63.6 cm³/mol. The summed E-state index contributed by atoms with van der Waals surface area (Å²) in [4.78, 5) is 0. The fraction of sp³-hybridized carbons (Fsp3) is 0.600. The Bertz CT molecular complexity index is 291. The van der Waals surface area contributed by atoms with Crippen molar-refractivity contribution in [3.05, 3.63) is 22.6 Å². The summed E-state index contributed by atoms with van der Waals surface area (Å²) in [6.45, 7) is 6.38. The first kappa shape index (κ1) is 12.1. The van der Waals surface area contributed by atoms with Crippen molar-refractivity contribution in [3.63, 3.8) is 0 Å². The van der Waals surface area contributed by atoms with Crippen LogP contribution >= 0.6 is 27.7 Å². The Morgan fingerprint density at radius 3 is 2.64 bits per heavy atom. The van der Waals surface area contributed by atoms with Crippen molar-refractivity contribution < 1.29 is 9.52 Å². The Morgan fingerprint density at radius 2 is 2.21 bits per heavy atom. The highest BCUT2D eigenvalue weighted by atomic mass is 79.9. The number of aliphatic hydroxyl groups is 1. The third kappa shape index (κ3) is 3.67. The molecule has 1 aromatic rings. The Morgan fingerprint density at radius 1 is 1.57 bits per heavy atom. The van der Waals surface area contributed by atoms with Crippen LogP contribution in [0.4, 0.5) is 0 Å². The minimum Gasteiger partial charge on any atom is -0.465 e. The summed E-state index contributed by atoms with van der Waals surface area (Å²) in [7, 11) is 0. The molecule has 1 aromatic heterocycles. The van der Waals surface area contributed by atoms with Gasteiger partial charge in [0.05, 0.1) is 10.7 Å². The molecule has 1 heterocycles. The van der Waals surface area contributed by atoms with E-state index in [2.05, 4.69) is 36.7 Å². The molecule has 4 heteroatoms. The molecule has 1 rings (SSSR count). The lowest BCUT2D eigenvalue weighted by atomic mass is 10.3. The molecule has 0 saturated carbocycles. The van der Waals surface area contributed by atoms with Gasteiger partial charge in [-0.25, -0.2) is 0 Å². The van der Waals surface area contributed by atoms with E-state index >= 15 is 0 Å². The van der Waals surface area contributed by atoms with E-state index < -0.39 is 6.10 Å². The minimum atomic E-state index is -0.538. The first-order valence-corrected chi connectivity index (χ1v) is 6.23. The fourth-order valence-electron chi connectivity index (χ4n) is 0.948. The summed E-state index contributed by atoms with van der Waals surface area (Å²) in [6, 6.07) is 1.79. The quantitative estimate of drug-likeness (QED) is 0.917. The van der Waals surface area contributed by atoms with Crippen molar-refractivity contribution in [1.29, 1.82) is 0 Å². The van der Waals surface area contributed by atoms with Gasteiger partial charge in [0.25, 0.3) is 0 Å². The molecule has 14 heavy (non-hydrogen) atoms. The van der Waals surface area contributed by atoms with Crippen LogP contribution in [0.15, 0.2) is 21.2 Å². The Hall–Kier alpha value is 0.0700. The lowest BCUT2D eigenvalue weighted by Crippen LogP contribution is -2.11. The average molecular weight is 279 g/mol. The van der Waals surface area contributed by atoms with Crippen LogP contribution in [0.25, 0.3) is 0 Å². The highest BCUT2D eigenvalue weighted by molar-refractivity contribution is 9.10. The van der Waals surface area contributed by atoms with E-state index in [1.807, 2.05) is 0 Å². The number of thioether (sulfide) groups is 1. The van der Waals surface area contributed by atoms with Crippen molar-refractivity contribution in [2.45, 2.75) is 31.6 Å². The molecule has 0 radical (unpaired) electrons. The monoisotopic (exact) mass is 278 g/mol. The number of halogens is 1. The Labute approximate surface area is 97.2 Å². The van der Waals surface area contributed by atoms with Gasteiger partial charge in [-0.3, -0.25) is 0 Å². The van der Waals surface area contributed by atoms with E-state index in [4.69, 9.17) is 4.42 Å². The summed E-state index contributed by atoms with van der Waals surface area (Å²) in [6.07, 6.45) is 1.04. The van der Waals surface area contributed by atoms with Crippen molar-refractivity contribution in [2.75, 3.05) is 5.75 Å². The molecule has 0 aliphatic carbocycles. The molecule has 0 bridgehead atoms. The zero-order valence-electron chi connectivity index (χ0n) is 8.58. The lowest BCUT2D eigenvalue weighted by Gasteiger charge is -2.19. The molecular weight excluding hydrogens is 264 g/mol. The molecule has 80 valence electrons. The standard InChI is InChI=1S/C10H15BrO2S/c1-10(2,3)14-6-8(12)9-7(11)4-5-13-9/h4-5,8,12H,6H2,1-3H3. The molecule has 1 unspecified atom stereocenters. The van der Waals surface area contributed by atoms with Crippen molar-refractivity contribution in [2.24, 2.45) is 0 Å². The van der Waals surface area contributed by atoms with Crippen LogP contribution < -0.4 is 0 Å². The number of furan rings is 1. The highest BCUT2D eigenvalue weighted by Gasteiger charge is 2.18.